The highest BCUT2D eigenvalue weighted by Crippen LogP contribution is 2.25. The van der Waals surface area contributed by atoms with Crippen molar-refractivity contribution in [3.63, 3.8) is 0 Å². The molecule has 156 valence electrons. The Bertz CT molecular complexity index is 818. The number of likely N-dealkylation sites (N-methyl/N-ethyl adjacent to an activating group) is 1. The van der Waals surface area contributed by atoms with Gasteiger partial charge in [-0.15, -0.1) is 11.8 Å². The number of rotatable bonds is 10. The summed E-state index contributed by atoms with van der Waals surface area (Å²) >= 11 is 13.5. The molecule has 0 spiro atoms. The maximum Gasteiger partial charge on any atom is 0.242 e. The first kappa shape index (κ1) is 23.6. The van der Waals surface area contributed by atoms with Gasteiger partial charge in [0.25, 0.3) is 0 Å². The van der Waals surface area contributed by atoms with Gasteiger partial charge in [-0.25, -0.2) is 0 Å². The number of thioether (sulfide) groups is 1. The molecule has 2 rings (SSSR count). The molecule has 0 saturated heterocycles. The highest BCUT2D eigenvalue weighted by Gasteiger charge is 2.28. The summed E-state index contributed by atoms with van der Waals surface area (Å²) in [6, 6.07) is 14.7. The molecule has 2 aromatic carbocycles. The summed E-state index contributed by atoms with van der Waals surface area (Å²) in [5, 5.41) is 3.86. The number of hydrogen-bond donors (Lipinski definition) is 1. The Morgan fingerprint density at radius 2 is 1.76 bits per heavy atom. The molecular formula is C22H26Cl2N2O2S. The summed E-state index contributed by atoms with van der Waals surface area (Å²) < 4.78 is 0. The lowest BCUT2D eigenvalue weighted by molar-refractivity contribution is -0.139. The van der Waals surface area contributed by atoms with Crippen molar-refractivity contribution in [2.24, 2.45) is 0 Å². The van der Waals surface area contributed by atoms with Crippen LogP contribution in [0.4, 0.5) is 0 Å². The molecule has 29 heavy (non-hydrogen) atoms. The maximum absolute atomic E-state index is 13.0. The normalized spacial score (nSPS) is 11.7. The second kappa shape index (κ2) is 12.1. The van der Waals surface area contributed by atoms with Crippen molar-refractivity contribution in [3.8, 4) is 0 Å². The molecule has 0 aliphatic rings. The Labute approximate surface area is 187 Å². The van der Waals surface area contributed by atoms with Crippen LogP contribution in [0.25, 0.3) is 0 Å². The van der Waals surface area contributed by atoms with Crippen LogP contribution in [0.2, 0.25) is 10.0 Å². The Morgan fingerprint density at radius 1 is 1.03 bits per heavy atom. The van der Waals surface area contributed by atoms with E-state index in [1.807, 2.05) is 56.3 Å². The van der Waals surface area contributed by atoms with E-state index in [4.69, 9.17) is 23.2 Å². The average Bonchev–Trinajstić information content (AvgIpc) is 2.71. The molecule has 1 N–H and O–H groups in total. The molecule has 0 aliphatic carbocycles. The molecule has 2 aromatic rings. The molecule has 1 atom stereocenters. The zero-order chi connectivity index (χ0) is 21.2. The molecule has 2 amide bonds. The van der Waals surface area contributed by atoms with Crippen LogP contribution in [0.3, 0.4) is 0 Å². The monoisotopic (exact) mass is 452 g/mol. The quantitative estimate of drug-likeness (QED) is 0.540. The van der Waals surface area contributed by atoms with Crippen LogP contribution in [-0.2, 0) is 21.9 Å². The number of nitrogens with one attached hydrogen (secondary N) is 1. The van der Waals surface area contributed by atoms with Crippen molar-refractivity contribution in [3.05, 3.63) is 69.7 Å². The van der Waals surface area contributed by atoms with Crippen molar-refractivity contribution in [1.82, 2.24) is 10.2 Å². The molecular weight excluding hydrogens is 427 g/mol. The highest BCUT2D eigenvalue weighted by atomic mass is 35.5. The Morgan fingerprint density at radius 3 is 2.38 bits per heavy atom. The zero-order valence-corrected chi connectivity index (χ0v) is 19.0. The minimum atomic E-state index is -0.492. The van der Waals surface area contributed by atoms with Gasteiger partial charge in [-0.2, -0.15) is 0 Å². The highest BCUT2D eigenvalue weighted by molar-refractivity contribution is 7.99. The van der Waals surface area contributed by atoms with Gasteiger partial charge in [-0.1, -0.05) is 66.5 Å². The summed E-state index contributed by atoms with van der Waals surface area (Å²) in [4.78, 5) is 27.3. The predicted octanol–water partition coefficient (Wildman–Crippen LogP) is 5.17. The van der Waals surface area contributed by atoms with Crippen LogP contribution in [0.5, 0.6) is 0 Å². The van der Waals surface area contributed by atoms with Gasteiger partial charge in [0.2, 0.25) is 11.8 Å². The van der Waals surface area contributed by atoms with Crippen molar-refractivity contribution < 1.29 is 9.59 Å². The molecule has 4 nitrogen and oxygen atoms in total. The molecule has 0 radical (unpaired) electrons. The smallest absolute Gasteiger partial charge is 0.242 e. The standard InChI is InChI=1S/C22H26Cl2N2O2S/c1-3-20(22(28)25-4-2)26(13-16-8-6-5-7-9-16)21(27)15-29-14-17-10-11-18(23)19(24)12-17/h5-12,20H,3-4,13-15H2,1-2H3,(H,25,28). The number of carbonyl (C=O) groups is 2. The van der Waals surface area contributed by atoms with E-state index in [9.17, 15) is 9.59 Å². The molecule has 0 saturated carbocycles. The van der Waals surface area contributed by atoms with Crippen LogP contribution >= 0.6 is 35.0 Å². The SMILES string of the molecule is CCNC(=O)C(CC)N(Cc1ccccc1)C(=O)CSCc1ccc(Cl)c(Cl)c1. The topological polar surface area (TPSA) is 49.4 Å². The second-order valence-electron chi connectivity index (χ2n) is 6.57. The van der Waals surface area contributed by atoms with E-state index in [0.29, 0.717) is 35.3 Å². The van der Waals surface area contributed by atoms with Gasteiger partial charge in [-0.05, 0) is 36.6 Å². The first-order valence-corrected chi connectivity index (χ1v) is 11.5. The third-order valence-corrected chi connectivity index (χ3v) is 6.14. The number of carbonyl (C=O) groups excluding carboxylic acids is 2. The average molecular weight is 453 g/mol. The minimum Gasteiger partial charge on any atom is -0.355 e. The zero-order valence-electron chi connectivity index (χ0n) is 16.7. The van der Waals surface area contributed by atoms with E-state index < -0.39 is 6.04 Å². The van der Waals surface area contributed by atoms with Crippen molar-refractivity contribution >= 4 is 46.8 Å². The first-order chi connectivity index (χ1) is 14.0. The predicted molar refractivity (Wildman–Crippen MR) is 122 cm³/mol. The third kappa shape index (κ3) is 7.25. The van der Waals surface area contributed by atoms with Gasteiger partial charge in [0, 0.05) is 18.8 Å². The van der Waals surface area contributed by atoms with Crippen molar-refractivity contribution in [2.45, 2.75) is 38.6 Å². The summed E-state index contributed by atoms with van der Waals surface area (Å²) in [5.41, 5.74) is 2.00. The molecule has 0 heterocycles. The Hall–Kier alpha value is -1.69. The number of nitrogens with zero attached hydrogens (tertiary/aromatic N) is 1. The van der Waals surface area contributed by atoms with E-state index in [2.05, 4.69) is 5.32 Å². The fourth-order valence-corrected chi connectivity index (χ4v) is 4.14. The molecule has 0 bridgehead atoms. The van der Waals surface area contributed by atoms with Crippen LogP contribution in [0, 0.1) is 0 Å². The number of halogens is 2. The number of benzene rings is 2. The van der Waals surface area contributed by atoms with E-state index in [-0.39, 0.29) is 17.6 Å². The molecule has 1 unspecified atom stereocenters. The van der Waals surface area contributed by atoms with Crippen LogP contribution in [-0.4, -0.2) is 35.1 Å². The summed E-state index contributed by atoms with van der Waals surface area (Å²) in [6.07, 6.45) is 0.557. The molecule has 7 heteroatoms. The van der Waals surface area contributed by atoms with E-state index in [0.717, 1.165) is 11.1 Å². The Kier molecular flexibility index (Phi) is 9.85. The maximum atomic E-state index is 13.0. The third-order valence-electron chi connectivity index (χ3n) is 4.41. The van der Waals surface area contributed by atoms with E-state index in [1.54, 1.807) is 11.0 Å². The van der Waals surface area contributed by atoms with Crippen LogP contribution in [0.15, 0.2) is 48.5 Å². The number of hydrogen-bond acceptors (Lipinski definition) is 3. The molecule has 0 aliphatic heterocycles. The van der Waals surface area contributed by atoms with E-state index in [1.165, 1.54) is 11.8 Å². The van der Waals surface area contributed by atoms with Crippen molar-refractivity contribution in [1.29, 1.82) is 0 Å². The van der Waals surface area contributed by atoms with Gasteiger partial charge in [0.1, 0.15) is 6.04 Å². The molecule has 0 fully saturated rings. The van der Waals surface area contributed by atoms with Gasteiger partial charge >= 0.3 is 0 Å². The van der Waals surface area contributed by atoms with Gasteiger partial charge in [0.05, 0.1) is 15.8 Å². The van der Waals surface area contributed by atoms with Gasteiger partial charge in [-0.3, -0.25) is 9.59 Å². The number of amides is 2. The van der Waals surface area contributed by atoms with Crippen LogP contribution in [0.1, 0.15) is 31.4 Å². The lowest BCUT2D eigenvalue weighted by Gasteiger charge is -2.30. The Balaban J connectivity index is 2.08. The first-order valence-electron chi connectivity index (χ1n) is 9.59. The molecule has 0 aromatic heterocycles. The van der Waals surface area contributed by atoms with E-state index >= 15 is 0 Å². The lowest BCUT2D eigenvalue weighted by Crippen LogP contribution is -2.49. The summed E-state index contributed by atoms with van der Waals surface area (Å²) in [7, 11) is 0. The van der Waals surface area contributed by atoms with Gasteiger partial charge < -0.3 is 10.2 Å². The van der Waals surface area contributed by atoms with Crippen LogP contribution < -0.4 is 5.32 Å². The summed E-state index contributed by atoms with van der Waals surface area (Å²) in [5.74, 6) is 0.744. The minimum absolute atomic E-state index is 0.0583. The van der Waals surface area contributed by atoms with Crippen molar-refractivity contribution in [2.75, 3.05) is 12.3 Å². The fourth-order valence-electron chi connectivity index (χ4n) is 2.96. The largest absolute Gasteiger partial charge is 0.355 e. The van der Waals surface area contributed by atoms with Gasteiger partial charge in [0.15, 0.2) is 0 Å². The fraction of sp³-hybridized carbons (Fsp3) is 0.364. The second-order valence-corrected chi connectivity index (χ2v) is 8.37. The summed E-state index contributed by atoms with van der Waals surface area (Å²) in [6.45, 7) is 4.74. The lowest BCUT2D eigenvalue weighted by atomic mass is 10.1.